The van der Waals surface area contributed by atoms with Gasteiger partial charge in [-0.3, -0.25) is 10.1 Å². The van der Waals surface area contributed by atoms with E-state index in [2.05, 4.69) is 15.5 Å². The number of hydrogen-bond acceptors (Lipinski definition) is 8. The van der Waals surface area contributed by atoms with Crippen LogP contribution in [0, 0.1) is 16.0 Å². The topological polar surface area (TPSA) is 124 Å². The highest BCUT2D eigenvalue weighted by Crippen LogP contribution is 2.24. The summed E-state index contributed by atoms with van der Waals surface area (Å²) in [6.45, 7) is 10.3. The maximum atomic E-state index is 10.8. The second-order valence-corrected chi connectivity index (χ2v) is 7.97. The van der Waals surface area contributed by atoms with Gasteiger partial charge in [0.15, 0.2) is 0 Å². The number of benzene rings is 1. The predicted octanol–water partition coefficient (Wildman–Crippen LogP) is 3.11. The minimum absolute atomic E-state index is 0.000607. The number of nitrogens with zero attached hydrogens (tertiary/aromatic N) is 3. The Labute approximate surface area is 164 Å². The van der Waals surface area contributed by atoms with E-state index in [0.717, 1.165) is 0 Å². The molecule has 28 heavy (non-hydrogen) atoms. The lowest BCUT2D eigenvalue weighted by molar-refractivity contribution is -0.384. The van der Waals surface area contributed by atoms with Crippen molar-refractivity contribution in [2.75, 3.05) is 13.2 Å². The molecule has 0 amide bonds. The van der Waals surface area contributed by atoms with Gasteiger partial charge in [-0.2, -0.15) is 4.98 Å². The fourth-order valence-corrected chi connectivity index (χ4v) is 2.49. The van der Waals surface area contributed by atoms with Crippen LogP contribution < -0.4 is 5.32 Å². The molecule has 0 bridgehead atoms. The van der Waals surface area contributed by atoms with Gasteiger partial charge in [-0.15, -0.1) is 0 Å². The molecule has 9 nitrogen and oxygen atoms in total. The summed E-state index contributed by atoms with van der Waals surface area (Å²) in [7, 11) is 0. The molecule has 2 rings (SSSR count). The molecule has 1 aromatic heterocycles. The van der Waals surface area contributed by atoms with Gasteiger partial charge in [-0.05, 0) is 38.8 Å². The van der Waals surface area contributed by atoms with Crippen LogP contribution in [0.2, 0.25) is 0 Å². The highest BCUT2D eigenvalue weighted by Gasteiger charge is 2.24. The summed E-state index contributed by atoms with van der Waals surface area (Å²) in [4.78, 5) is 14.7. The molecule has 0 unspecified atom stereocenters. The van der Waals surface area contributed by atoms with E-state index in [4.69, 9.17) is 9.26 Å². The van der Waals surface area contributed by atoms with Crippen molar-refractivity contribution >= 4 is 5.69 Å². The Morgan fingerprint density at radius 2 is 1.93 bits per heavy atom. The first-order chi connectivity index (χ1) is 13.1. The molecule has 154 valence electrons. The molecule has 2 aromatic rings. The van der Waals surface area contributed by atoms with Crippen LogP contribution in [-0.2, 0) is 4.74 Å². The van der Waals surface area contributed by atoms with Gasteiger partial charge in [0.2, 0.25) is 11.7 Å². The number of aromatic nitrogens is 2. The van der Waals surface area contributed by atoms with E-state index in [9.17, 15) is 15.2 Å². The van der Waals surface area contributed by atoms with E-state index in [1.54, 1.807) is 12.1 Å². The van der Waals surface area contributed by atoms with Gasteiger partial charge in [0, 0.05) is 24.2 Å². The second-order valence-electron chi connectivity index (χ2n) is 7.97. The average molecular weight is 392 g/mol. The molecule has 0 spiro atoms. The molecule has 0 fully saturated rings. The molecule has 0 aliphatic carbocycles. The van der Waals surface area contributed by atoms with Gasteiger partial charge in [-0.1, -0.05) is 19.0 Å². The van der Waals surface area contributed by atoms with Crippen LogP contribution in [0.25, 0.3) is 11.4 Å². The van der Waals surface area contributed by atoms with Crippen LogP contribution in [0.4, 0.5) is 5.69 Å². The van der Waals surface area contributed by atoms with Crippen LogP contribution in [0.15, 0.2) is 28.8 Å². The molecule has 2 atom stereocenters. The number of rotatable bonds is 9. The number of aliphatic hydroxyl groups excluding tert-OH is 1. The lowest BCUT2D eigenvalue weighted by Gasteiger charge is -2.24. The Kier molecular flexibility index (Phi) is 7.22. The minimum atomic E-state index is -0.669. The molecule has 9 heteroatoms. The largest absolute Gasteiger partial charge is 0.389 e. The summed E-state index contributed by atoms with van der Waals surface area (Å²) in [5.74, 6) is 0.891. The van der Waals surface area contributed by atoms with Crippen LogP contribution in [-0.4, -0.2) is 45.0 Å². The van der Waals surface area contributed by atoms with Crippen LogP contribution in [0.3, 0.4) is 0 Å². The van der Waals surface area contributed by atoms with Crippen molar-refractivity contribution in [1.29, 1.82) is 0 Å². The third-order valence-corrected chi connectivity index (χ3v) is 3.99. The first kappa shape index (κ1) is 21.9. The Morgan fingerprint density at radius 3 is 2.46 bits per heavy atom. The predicted molar refractivity (Wildman–Crippen MR) is 104 cm³/mol. The van der Waals surface area contributed by atoms with Crippen molar-refractivity contribution in [2.24, 2.45) is 5.92 Å². The van der Waals surface area contributed by atoms with Gasteiger partial charge in [0.05, 0.1) is 29.3 Å². The van der Waals surface area contributed by atoms with Gasteiger partial charge in [-0.25, -0.2) is 0 Å². The Bertz CT molecular complexity index is 767. The number of hydrogen-bond donors (Lipinski definition) is 2. The second kappa shape index (κ2) is 9.22. The average Bonchev–Trinajstić information content (AvgIpc) is 3.09. The van der Waals surface area contributed by atoms with E-state index < -0.39 is 11.0 Å². The van der Waals surface area contributed by atoms with E-state index in [0.29, 0.717) is 23.8 Å². The Morgan fingerprint density at radius 1 is 1.29 bits per heavy atom. The number of nitrogens with one attached hydrogen (secondary N) is 1. The summed E-state index contributed by atoms with van der Waals surface area (Å²) in [6, 6.07) is 5.71. The van der Waals surface area contributed by atoms with Crippen LogP contribution in [0.1, 0.15) is 46.6 Å². The molecule has 1 heterocycles. The van der Waals surface area contributed by atoms with Crippen molar-refractivity contribution in [2.45, 2.75) is 52.4 Å². The number of non-ortho nitro benzene ring substituents is 1. The zero-order valence-electron chi connectivity index (χ0n) is 16.9. The Balaban J connectivity index is 2.03. The number of nitro groups is 1. The van der Waals surface area contributed by atoms with Gasteiger partial charge >= 0.3 is 0 Å². The molecule has 0 saturated heterocycles. The first-order valence-electron chi connectivity index (χ1n) is 9.20. The lowest BCUT2D eigenvalue weighted by atomic mass is 10.0. The van der Waals surface area contributed by atoms with E-state index in [-0.39, 0.29) is 29.9 Å². The van der Waals surface area contributed by atoms with Crippen LogP contribution in [0.5, 0.6) is 0 Å². The van der Waals surface area contributed by atoms with Crippen molar-refractivity contribution in [3.05, 3.63) is 40.3 Å². The summed E-state index contributed by atoms with van der Waals surface area (Å²) >= 11 is 0. The van der Waals surface area contributed by atoms with Crippen LogP contribution >= 0.6 is 0 Å². The molecule has 2 N–H and O–H groups in total. The van der Waals surface area contributed by atoms with Gasteiger partial charge in [0.1, 0.15) is 0 Å². The van der Waals surface area contributed by atoms with Gasteiger partial charge in [0.25, 0.3) is 5.69 Å². The van der Waals surface area contributed by atoms with Crippen molar-refractivity contribution in [3.63, 3.8) is 0 Å². The standard InChI is InChI=1S/C19H28N4O5/c1-12(2)16(20-10-15(24)11-27-19(3,4)5)18-21-17(22-28-18)13-6-8-14(9-7-13)23(25)26/h6-9,12,15-16,20,24H,10-11H2,1-5H3/t15-,16-/m0/s1. The Hall–Kier alpha value is -2.36. The van der Waals surface area contributed by atoms with Crippen molar-refractivity contribution < 1.29 is 19.3 Å². The minimum Gasteiger partial charge on any atom is -0.389 e. The fourth-order valence-electron chi connectivity index (χ4n) is 2.49. The quantitative estimate of drug-likeness (QED) is 0.493. The molecule has 0 aliphatic heterocycles. The number of nitro benzene ring substituents is 1. The molecule has 0 saturated carbocycles. The monoisotopic (exact) mass is 392 g/mol. The number of aliphatic hydroxyl groups is 1. The van der Waals surface area contributed by atoms with E-state index in [1.165, 1.54) is 12.1 Å². The zero-order chi connectivity index (χ0) is 20.9. The molecular weight excluding hydrogens is 364 g/mol. The highest BCUT2D eigenvalue weighted by atomic mass is 16.6. The van der Waals surface area contributed by atoms with E-state index >= 15 is 0 Å². The highest BCUT2D eigenvalue weighted by molar-refractivity contribution is 5.56. The molecule has 1 aromatic carbocycles. The molecule has 0 radical (unpaired) electrons. The SMILES string of the molecule is CC(C)[C@H](NC[C@H](O)COC(C)(C)C)c1nc(-c2ccc([N+](=O)[O-])cc2)no1. The summed E-state index contributed by atoms with van der Waals surface area (Å²) < 4.78 is 11.0. The molecule has 0 aliphatic rings. The third kappa shape index (κ3) is 6.36. The maximum Gasteiger partial charge on any atom is 0.269 e. The fraction of sp³-hybridized carbons (Fsp3) is 0.579. The lowest BCUT2D eigenvalue weighted by Crippen LogP contribution is -2.37. The summed E-state index contributed by atoms with van der Waals surface area (Å²) in [5.41, 5.74) is 0.312. The summed E-state index contributed by atoms with van der Waals surface area (Å²) in [5, 5.41) is 28.1. The maximum absolute atomic E-state index is 10.8. The zero-order valence-corrected chi connectivity index (χ0v) is 16.9. The van der Waals surface area contributed by atoms with Crippen molar-refractivity contribution in [3.8, 4) is 11.4 Å². The smallest absolute Gasteiger partial charge is 0.269 e. The summed E-state index contributed by atoms with van der Waals surface area (Å²) in [6.07, 6.45) is -0.669. The van der Waals surface area contributed by atoms with Crippen molar-refractivity contribution in [1.82, 2.24) is 15.5 Å². The third-order valence-electron chi connectivity index (χ3n) is 3.99. The first-order valence-corrected chi connectivity index (χ1v) is 9.20. The number of ether oxygens (including phenoxy) is 1. The normalized spacial score (nSPS) is 14.2. The van der Waals surface area contributed by atoms with E-state index in [1.807, 2.05) is 34.6 Å². The van der Waals surface area contributed by atoms with Gasteiger partial charge < -0.3 is 19.7 Å². The molecular formula is C19H28N4O5.